The maximum absolute atomic E-state index is 12.4. The van der Waals surface area contributed by atoms with E-state index in [1.165, 1.54) is 12.1 Å². The van der Waals surface area contributed by atoms with Crippen molar-refractivity contribution in [3.8, 4) is 10.6 Å². The van der Waals surface area contributed by atoms with E-state index in [1.54, 1.807) is 0 Å². The van der Waals surface area contributed by atoms with Crippen molar-refractivity contribution in [3.63, 3.8) is 0 Å². The van der Waals surface area contributed by atoms with Crippen molar-refractivity contribution >= 4 is 23.1 Å². The monoisotopic (exact) mass is 264 g/mol. The van der Waals surface area contributed by atoms with E-state index in [1.807, 2.05) is 0 Å². The van der Waals surface area contributed by atoms with Gasteiger partial charge >= 0.3 is 6.18 Å². The zero-order chi connectivity index (χ0) is 11.8. The minimum Gasteiger partial charge on any atom is -0.205 e. The molecule has 1 heterocycles. The molecule has 0 amide bonds. The van der Waals surface area contributed by atoms with Gasteiger partial charge in [-0.15, -0.1) is 0 Å². The highest BCUT2D eigenvalue weighted by molar-refractivity contribution is 7.09. The summed E-state index contributed by atoms with van der Waals surface area (Å²) in [6, 6.07) is 4.89. The van der Waals surface area contributed by atoms with Crippen LogP contribution in [0.3, 0.4) is 0 Å². The predicted octanol–water partition coefficient (Wildman–Crippen LogP) is 3.88. The number of rotatable bonds is 1. The Kier molecular flexibility index (Phi) is 2.86. The van der Waals surface area contributed by atoms with Crippen LogP contribution in [-0.2, 0) is 6.18 Å². The smallest absolute Gasteiger partial charge is 0.205 e. The van der Waals surface area contributed by atoms with E-state index in [0.717, 1.165) is 23.7 Å². The van der Waals surface area contributed by atoms with Gasteiger partial charge in [0.15, 0.2) is 0 Å². The molecule has 2 nitrogen and oxygen atoms in total. The van der Waals surface area contributed by atoms with E-state index < -0.39 is 11.7 Å². The van der Waals surface area contributed by atoms with Crippen molar-refractivity contribution in [1.29, 1.82) is 0 Å². The molecule has 16 heavy (non-hydrogen) atoms. The minimum atomic E-state index is -4.36. The maximum Gasteiger partial charge on any atom is 0.416 e. The average molecular weight is 265 g/mol. The number of benzene rings is 1. The molecule has 0 fully saturated rings. The van der Waals surface area contributed by atoms with E-state index in [2.05, 4.69) is 9.36 Å². The van der Waals surface area contributed by atoms with Crippen LogP contribution in [0.5, 0.6) is 0 Å². The number of hydrogen-bond donors (Lipinski definition) is 0. The molecule has 1 aromatic heterocycles. The number of alkyl halides is 3. The third-order valence-electron chi connectivity index (χ3n) is 1.84. The van der Waals surface area contributed by atoms with Crippen LogP contribution in [0.25, 0.3) is 10.6 Å². The fourth-order valence-electron chi connectivity index (χ4n) is 1.15. The second-order valence-corrected chi connectivity index (χ2v) is 4.04. The first kappa shape index (κ1) is 11.3. The van der Waals surface area contributed by atoms with Crippen molar-refractivity contribution < 1.29 is 13.2 Å². The lowest BCUT2D eigenvalue weighted by Crippen LogP contribution is -2.04. The van der Waals surface area contributed by atoms with Crippen LogP contribution in [0.15, 0.2) is 24.3 Å². The third-order valence-corrected chi connectivity index (χ3v) is 2.87. The van der Waals surface area contributed by atoms with Gasteiger partial charge in [-0.2, -0.15) is 17.5 Å². The van der Waals surface area contributed by atoms with Gasteiger partial charge in [-0.3, -0.25) is 0 Å². The fourth-order valence-corrected chi connectivity index (χ4v) is 1.95. The highest BCUT2D eigenvalue weighted by atomic mass is 35.5. The molecular formula is C9H4ClF3N2S. The van der Waals surface area contributed by atoms with Crippen LogP contribution in [0.4, 0.5) is 13.2 Å². The molecule has 0 bridgehead atoms. The molecule has 0 N–H and O–H groups in total. The van der Waals surface area contributed by atoms with E-state index in [9.17, 15) is 13.2 Å². The molecule has 0 aliphatic heterocycles. The Morgan fingerprint density at radius 1 is 1.25 bits per heavy atom. The van der Waals surface area contributed by atoms with Crippen LogP contribution < -0.4 is 0 Å². The minimum absolute atomic E-state index is 0.0393. The van der Waals surface area contributed by atoms with Crippen molar-refractivity contribution in [2.75, 3.05) is 0 Å². The van der Waals surface area contributed by atoms with Crippen molar-refractivity contribution in [2.45, 2.75) is 6.18 Å². The molecule has 0 unspecified atom stereocenters. The van der Waals surface area contributed by atoms with Gasteiger partial charge in [0, 0.05) is 5.56 Å². The number of halogens is 4. The quantitative estimate of drug-likeness (QED) is 0.781. The second-order valence-electron chi connectivity index (χ2n) is 2.95. The van der Waals surface area contributed by atoms with E-state index >= 15 is 0 Å². The molecule has 2 aromatic rings. The molecule has 0 saturated carbocycles. The lowest BCUT2D eigenvalue weighted by Gasteiger charge is -2.06. The van der Waals surface area contributed by atoms with Crippen LogP contribution in [0.2, 0.25) is 5.28 Å². The zero-order valence-electron chi connectivity index (χ0n) is 7.62. The molecule has 0 spiro atoms. The SMILES string of the molecule is FC(F)(F)c1cccc(-c2nc(Cl)ns2)c1. The summed E-state index contributed by atoms with van der Waals surface area (Å²) in [4.78, 5) is 3.81. The van der Waals surface area contributed by atoms with Gasteiger partial charge in [0.1, 0.15) is 5.01 Å². The Morgan fingerprint density at radius 3 is 2.56 bits per heavy atom. The lowest BCUT2D eigenvalue weighted by molar-refractivity contribution is -0.137. The normalized spacial score (nSPS) is 11.8. The summed E-state index contributed by atoms with van der Waals surface area (Å²) < 4.78 is 41.0. The van der Waals surface area contributed by atoms with E-state index in [0.29, 0.717) is 10.6 Å². The molecular weight excluding hydrogens is 261 g/mol. The molecule has 1 aromatic carbocycles. The van der Waals surface area contributed by atoms with Crippen molar-refractivity contribution in [2.24, 2.45) is 0 Å². The zero-order valence-corrected chi connectivity index (χ0v) is 9.20. The Labute approximate surface area is 97.9 Å². The van der Waals surface area contributed by atoms with Gasteiger partial charge in [-0.1, -0.05) is 12.1 Å². The maximum atomic E-state index is 12.4. The Hall–Kier alpha value is -1.14. The fraction of sp³-hybridized carbons (Fsp3) is 0.111. The Balaban J connectivity index is 2.44. The number of hydrogen-bond acceptors (Lipinski definition) is 3. The highest BCUT2D eigenvalue weighted by Gasteiger charge is 2.30. The van der Waals surface area contributed by atoms with Crippen LogP contribution in [-0.4, -0.2) is 9.36 Å². The van der Waals surface area contributed by atoms with Gasteiger partial charge in [0.2, 0.25) is 5.28 Å². The van der Waals surface area contributed by atoms with E-state index in [-0.39, 0.29) is 5.28 Å². The summed E-state index contributed by atoms with van der Waals surface area (Å²) in [6.07, 6.45) is -4.36. The molecule has 84 valence electrons. The van der Waals surface area contributed by atoms with Crippen LogP contribution >= 0.6 is 23.1 Å². The number of aromatic nitrogens is 2. The summed E-state index contributed by atoms with van der Waals surface area (Å²) in [5.74, 6) is 0. The van der Waals surface area contributed by atoms with Gasteiger partial charge in [0.05, 0.1) is 5.56 Å². The summed E-state index contributed by atoms with van der Waals surface area (Å²) in [7, 11) is 0. The molecule has 2 rings (SSSR count). The summed E-state index contributed by atoms with van der Waals surface area (Å²) in [6.45, 7) is 0. The van der Waals surface area contributed by atoms with Crippen LogP contribution in [0.1, 0.15) is 5.56 Å². The van der Waals surface area contributed by atoms with Gasteiger partial charge < -0.3 is 0 Å². The standard InChI is InChI=1S/C9H4ClF3N2S/c10-8-14-7(16-15-8)5-2-1-3-6(4-5)9(11,12)13/h1-4H. The first-order chi connectivity index (χ1) is 7.47. The third kappa shape index (κ3) is 2.33. The highest BCUT2D eigenvalue weighted by Crippen LogP contribution is 2.32. The first-order valence-corrected chi connectivity index (χ1v) is 5.29. The summed E-state index contributed by atoms with van der Waals surface area (Å²) in [5, 5.41) is 0.411. The predicted molar refractivity (Wildman–Crippen MR) is 55.4 cm³/mol. The summed E-state index contributed by atoms with van der Waals surface area (Å²) >= 11 is 6.47. The van der Waals surface area contributed by atoms with Gasteiger partial charge in [-0.05, 0) is 35.3 Å². The molecule has 0 aliphatic carbocycles. The average Bonchev–Trinajstić information content (AvgIpc) is 2.64. The second kappa shape index (κ2) is 4.03. The first-order valence-electron chi connectivity index (χ1n) is 4.13. The summed E-state index contributed by atoms with van der Waals surface area (Å²) in [5.41, 5.74) is -0.351. The lowest BCUT2D eigenvalue weighted by atomic mass is 10.1. The van der Waals surface area contributed by atoms with Crippen LogP contribution in [0, 0.1) is 0 Å². The van der Waals surface area contributed by atoms with E-state index in [4.69, 9.17) is 11.6 Å². The van der Waals surface area contributed by atoms with Gasteiger partial charge in [-0.25, -0.2) is 4.98 Å². The van der Waals surface area contributed by atoms with Crippen molar-refractivity contribution in [1.82, 2.24) is 9.36 Å². The Morgan fingerprint density at radius 2 is 2.00 bits per heavy atom. The van der Waals surface area contributed by atoms with Crippen molar-refractivity contribution in [3.05, 3.63) is 35.1 Å². The largest absolute Gasteiger partial charge is 0.416 e. The molecule has 7 heteroatoms. The molecule has 0 radical (unpaired) electrons. The molecule has 0 saturated heterocycles. The topological polar surface area (TPSA) is 25.8 Å². The molecule has 0 atom stereocenters. The van der Waals surface area contributed by atoms with Gasteiger partial charge in [0.25, 0.3) is 0 Å². The Bertz CT molecular complexity index is 509. The number of nitrogens with zero attached hydrogens (tertiary/aromatic N) is 2. The molecule has 0 aliphatic rings.